The lowest BCUT2D eigenvalue weighted by Gasteiger charge is -2.49. The van der Waals surface area contributed by atoms with E-state index >= 15 is 0 Å². The van der Waals surface area contributed by atoms with Crippen molar-refractivity contribution in [2.24, 2.45) is 12.5 Å². The van der Waals surface area contributed by atoms with Crippen molar-refractivity contribution in [2.45, 2.75) is 30.4 Å². The lowest BCUT2D eigenvalue weighted by molar-refractivity contribution is -0.137. The van der Waals surface area contributed by atoms with Crippen LogP contribution in [-0.2, 0) is 26.5 Å². The predicted octanol–water partition coefficient (Wildman–Crippen LogP) is 0.626. The molecule has 2 fully saturated rings. The zero-order chi connectivity index (χ0) is 15.8. The summed E-state index contributed by atoms with van der Waals surface area (Å²) >= 11 is 0. The Bertz CT molecular complexity index is 626. The first-order valence-electron chi connectivity index (χ1n) is 7.57. The molecule has 2 aliphatic rings. The SMILES string of the molecule is COC[C@@]12CCCO[C@@H]1CCN(S(=O)(=O)c1cn(C)cn1)C2. The van der Waals surface area contributed by atoms with Crippen LogP contribution in [0.4, 0.5) is 0 Å². The smallest absolute Gasteiger partial charge is 0.262 e. The van der Waals surface area contributed by atoms with Crippen molar-refractivity contribution in [3.63, 3.8) is 0 Å². The van der Waals surface area contributed by atoms with Gasteiger partial charge in [-0.2, -0.15) is 4.31 Å². The third-order valence-corrected chi connectivity index (χ3v) is 6.40. The van der Waals surface area contributed by atoms with Crippen LogP contribution in [0.1, 0.15) is 19.3 Å². The van der Waals surface area contributed by atoms with Crippen LogP contribution in [0.2, 0.25) is 0 Å². The number of hydrogen-bond donors (Lipinski definition) is 0. The maximum atomic E-state index is 12.8. The lowest BCUT2D eigenvalue weighted by atomic mass is 9.73. The summed E-state index contributed by atoms with van der Waals surface area (Å²) in [5, 5.41) is 0.109. The van der Waals surface area contributed by atoms with Gasteiger partial charge in [0.05, 0.1) is 19.0 Å². The molecular weight excluding hydrogens is 306 g/mol. The largest absolute Gasteiger partial charge is 0.384 e. The number of aromatic nitrogens is 2. The molecule has 0 amide bonds. The number of hydrogen-bond acceptors (Lipinski definition) is 5. The number of rotatable bonds is 4. The molecule has 0 bridgehead atoms. The zero-order valence-corrected chi connectivity index (χ0v) is 13.9. The summed E-state index contributed by atoms with van der Waals surface area (Å²) in [4.78, 5) is 4.01. The van der Waals surface area contributed by atoms with Crippen molar-refractivity contribution in [2.75, 3.05) is 33.4 Å². The average molecular weight is 329 g/mol. The van der Waals surface area contributed by atoms with E-state index in [0.717, 1.165) is 19.4 Å². The molecule has 2 atom stereocenters. The number of methoxy groups -OCH3 is 1. The fourth-order valence-electron chi connectivity index (χ4n) is 3.61. The molecule has 2 aliphatic heterocycles. The summed E-state index contributed by atoms with van der Waals surface area (Å²) in [6.07, 6.45) is 5.71. The minimum atomic E-state index is -3.56. The molecule has 124 valence electrons. The first-order chi connectivity index (χ1) is 10.5. The van der Waals surface area contributed by atoms with E-state index in [1.165, 1.54) is 6.33 Å². The van der Waals surface area contributed by atoms with Crippen LogP contribution in [0.25, 0.3) is 0 Å². The van der Waals surface area contributed by atoms with Gasteiger partial charge in [0.25, 0.3) is 10.0 Å². The van der Waals surface area contributed by atoms with Crippen LogP contribution in [0, 0.1) is 5.41 Å². The first kappa shape index (κ1) is 15.9. The van der Waals surface area contributed by atoms with Crippen LogP contribution in [0.5, 0.6) is 0 Å². The highest BCUT2D eigenvalue weighted by atomic mass is 32.2. The van der Waals surface area contributed by atoms with Crippen molar-refractivity contribution in [3.05, 3.63) is 12.5 Å². The van der Waals surface area contributed by atoms with Crippen molar-refractivity contribution in [3.8, 4) is 0 Å². The van der Waals surface area contributed by atoms with Crippen LogP contribution in [0.15, 0.2) is 17.6 Å². The van der Waals surface area contributed by atoms with Gasteiger partial charge in [0.1, 0.15) is 0 Å². The molecule has 0 saturated carbocycles. The maximum Gasteiger partial charge on any atom is 0.262 e. The minimum Gasteiger partial charge on any atom is -0.384 e. The van der Waals surface area contributed by atoms with E-state index < -0.39 is 10.0 Å². The normalized spacial score (nSPS) is 30.2. The van der Waals surface area contributed by atoms with E-state index in [4.69, 9.17) is 9.47 Å². The van der Waals surface area contributed by atoms with E-state index in [1.54, 1.807) is 29.2 Å². The summed E-state index contributed by atoms with van der Waals surface area (Å²) < 4.78 is 40.0. The van der Waals surface area contributed by atoms with Gasteiger partial charge < -0.3 is 14.0 Å². The Labute approximate surface area is 131 Å². The summed E-state index contributed by atoms with van der Waals surface area (Å²) in [5.41, 5.74) is -0.243. The van der Waals surface area contributed by atoms with Gasteiger partial charge in [-0.05, 0) is 19.3 Å². The number of sulfonamides is 1. The monoisotopic (exact) mass is 329 g/mol. The molecular formula is C14H23N3O4S. The number of fused-ring (bicyclic) bond motifs is 1. The van der Waals surface area contributed by atoms with Crippen molar-refractivity contribution < 1.29 is 17.9 Å². The second-order valence-corrected chi connectivity index (χ2v) is 8.15. The first-order valence-corrected chi connectivity index (χ1v) is 9.01. The minimum absolute atomic E-state index is 0.0800. The Balaban J connectivity index is 1.87. The van der Waals surface area contributed by atoms with Gasteiger partial charge in [0.2, 0.25) is 0 Å². The third-order valence-electron chi connectivity index (χ3n) is 4.67. The van der Waals surface area contributed by atoms with Gasteiger partial charge in [-0.1, -0.05) is 0 Å². The summed E-state index contributed by atoms with van der Waals surface area (Å²) in [7, 11) is -0.135. The van der Waals surface area contributed by atoms with Gasteiger partial charge in [-0.3, -0.25) is 0 Å². The number of nitrogens with zero attached hydrogens (tertiary/aromatic N) is 3. The molecule has 1 aromatic rings. The molecule has 0 aliphatic carbocycles. The number of imidazole rings is 1. The van der Waals surface area contributed by atoms with Crippen LogP contribution in [-0.4, -0.2) is 61.8 Å². The Morgan fingerprint density at radius 2 is 2.36 bits per heavy atom. The zero-order valence-electron chi connectivity index (χ0n) is 13.1. The van der Waals surface area contributed by atoms with Gasteiger partial charge in [-0.25, -0.2) is 13.4 Å². The second kappa shape index (κ2) is 5.92. The predicted molar refractivity (Wildman–Crippen MR) is 79.9 cm³/mol. The topological polar surface area (TPSA) is 73.7 Å². The summed E-state index contributed by atoms with van der Waals surface area (Å²) in [6, 6.07) is 0. The van der Waals surface area contributed by atoms with E-state index in [1.807, 2.05) is 0 Å². The fourth-order valence-corrected chi connectivity index (χ4v) is 5.12. The number of ether oxygens (including phenoxy) is 2. The van der Waals surface area contributed by atoms with Crippen molar-refractivity contribution >= 4 is 10.0 Å². The van der Waals surface area contributed by atoms with Gasteiger partial charge in [-0.15, -0.1) is 0 Å². The van der Waals surface area contributed by atoms with Gasteiger partial charge in [0.15, 0.2) is 5.03 Å². The molecule has 1 aromatic heterocycles. The van der Waals surface area contributed by atoms with Crippen LogP contribution in [0.3, 0.4) is 0 Å². The van der Waals surface area contributed by atoms with E-state index in [2.05, 4.69) is 4.98 Å². The summed E-state index contributed by atoms with van der Waals surface area (Å²) in [6.45, 7) is 2.18. The molecule has 2 saturated heterocycles. The maximum absolute atomic E-state index is 12.8. The number of piperidine rings is 1. The lowest BCUT2D eigenvalue weighted by Crippen LogP contribution is -2.57. The quantitative estimate of drug-likeness (QED) is 0.810. The molecule has 0 spiro atoms. The Hall–Kier alpha value is -0.960. The molecule has 0 N–H and O–H groups in total. The Morgan fingerprint density at radius 1 is 1.55 bits per heavy atom. The second-order valence-electron chi connectivity index (χ2n) is 6.26. The highest BCUT2D eigenvalue weighted by molar-refractivity contribution is 7.89. The molecule has 0 radical (unpaired) electrons. The van der Waals surface area contributed by atoms with E-state index in [9.17, 15) is 8.42 Å². The highest BCUT2D eigenvalue weighted by Crippen LogP contribution is 2.41. The van der Waals surface area contributed by atoms with E-state index in [-0.39, 0.29) is 16.5 Å². The van der Waals surface area contributed by atoms with E-state index in [0.29, 0.717) is 26.1 Å². The molecule has 3 heterocycles. The molecule has 3 rings (SSSR count). The van der Waals surface area contributed by atoms with Crippen LogP contribution < -0.4 is 0 Å². The fraction of sp³-hybridized carbons (Fsp3) is 0.786. The highest BCUT2D eigenvalue weighted by Gasteiger charge is 2.48. The third kappa shape index (κ3) is 2.68. The molecule has 22 heavy (non-hydrogen) atoms. The standard InChI is InChI=1S/C14H23N3O4S/c1-16-8-13(15-11-16)22(18,19)17-6-4-12-14(9-17,10-20-2)5-3-7-21-12/h8,11-12H,3-7,9-10H2,1-2H3/t12-,14+/m1/s1. The van der Waals surface area contributed by atoms with Gasteiger partial charge in [0, 0.05) is 45.5 Å². The molecule has 0 aromatic carbocycles. The molecule has 7 nitrogen and oxygen atoms in total. The van der Waals surface area contributed by atoms with Crippen molar-refractivity contribution in [1.29, 1.82) is 0 Å². The molecule has 8 heteroatoms. The average Bonchev–Trinajstić information content (AvgIpc) is 2.94. The Kier molecular flexibility index (Phi) is 4.28. The summed E-state index contributed by atoms with van der Waals surface area (Å²) in [5.74, 6) is 0. The Morgan fingerprint density at radius 3 is 3.05 bits per heavy atom. The van der Waals surface area contributed by atoms with Crippen LogP contribution >= 0.6 is 0 Å². The number of aryl methyl sites for hydroxylation is 1. The molecule has 0 unspecified atom stereocenters. The van der Waals surface area contributed by atoms with Gasteiger partial charge >= 0.3 is 0 Å². The van der Waals surface area contributed by atoms with Crippen molar-refractivity contribution in [1.82, 2.24) is 13.9 Å².